The number of hydrogen-bond acceptors (Lipinski definition) is 2. The minimum absolute atomic E-state index is 0.253. The number of halogens is 2. The summed E-state index contributed by atoms with van der Waals surface area (Å²) in [5.74, 6) is -0.682. The van der Waals surface area contributed by atoms with Crippen molar-refractivity contribution in [2.75, 3.05) is 11.9 Å². The molecule has 5 nitrogen and oxygen atoms in total. The van der Waals surface area contributed by atoms with Gasteiger partial charge < -0.3 is 19.5 Å². The van der Waals surface area contributed by atoms with Crippen LogP contribution in [0, 0.1) is 11.6 Å². The lowest BCUT2D eigenvalue weighted by Gasteiger charge is -2.31. The van der Waals surface area contributed by atoms with E-state index >= 15 is 0 Å². The lowest BCUT2D eigenvalue weighted by Crippen LogP contribution is -2.38. The Bertz CT molecular complexity index is 1310. The van der Waals surface area contributed by atoms with Gasteiger partial charge in [0.2, 0.25) is 0 Å². The van der Waals surface area contributed by atoms with Crippen LogP contribution in [0.1, 0.15) is 29.8 Å². The zero-order valence-corrected chi connectivity index (χ0v) is 18.5. The number of urea groups is 1. The monoisotopic (exact) mass is 459 g/mol. The van der Waals surface area contributed by atoms with Crippen LogP contribution in [-0.4, -0.2) is 22.1 Å². The van der Waals surface area contributed by atoms with E-state index in [1.165, 1.54) is 12.1 Å². The van der Waals surface area contributed by atoms with E-state index in [9.17, 15) is 13.6 Å². The van der Waals surface area contributed by atoms with Crippen molar-refractivity contribution in [2.24, 2.45) is 0 Å². The first-order chi connectivity index (χ1) is 16.5. The number of amides is 2. The molecule has 1 atom stereocenters. The second kappa shape index (κ2) is 9.02. The lowest BCUT2D eigenvalue weighted by atomic mass is 10.0. The Balaban J connectivity index is 1.58. The molecule has 7 heteroatoms. The summed E-state index contributed by atoms with van der Waals surface area (Å²) >= 11 is 0. The highest BCUT2D eigenvalue weighted by Crippen LogP contribution is 2.37. The molecule has 0 spiro atoms. The number of benzene rings is 3. The van der Waals surface area contributed by atoms with E-state index in [1.54, 1.807) is 29.2 Å². The molecule has 1 aromatic heterocycles. The van der Waals surface area contributed by atoms with Crippen molar-refractivity contribution in [1.82, 2.24) is 9.47 Å². The number of anilines is 1. The number of hydrogen-bond donors (Lipinski definition) is 1. The second-order valence-electron chi connectivity index (χ2n) is 8.05. The van der Waals surface area contributed by atoms with Crippen molar-refractivity contribution in [1.29, 1.82) is 0 Å². The van der Waals surface area contributed by atoms with Gasteiger partial charge in [-0.2, -0.15) is 0 Å². The minimum atomic E-state index is -0.713. The van der Waals surface area contributed by atoms with Gasteiger partial charge in [-0.15, -0.1) is 0 Å². The highest BCUT2D eigenvalue weighted by atomic mass is 19.1. The predicted octanol–water partition coefficient (Wildman–Crippen LogP) is 6.29. The standard InChI is InChI=1S/C27H23F2N3O2/c1-2-34-23-11-9-22(10-12-23)30-27(33)32-17-18-6-3-4-7-24(18)31-13-5-8-25(31)26(32)19-14-20(28)16-21(29)15-19/h3-16,26H,2,17H2,1H3,(H,30,33)/t26-/m0/s1. The number of ether oxygens (including phenoxy) is 1. The van der Waals surface area contributed by atoms with Gasteiger partial charge in [-0.3, -0.25) is 0 Å². The molecule has 4 aromatic rings. The summed E-state index contributed by atoms with van der Waals surface area (Å²) in [4.78, 5) is 15.2. The molecule has 34 heavy (non-hydrogen) atoms. The van der Waals surface area contributed by atoms with E-state index in [4.69, 9.17) is 4.74 Å². The van der Waals surface area contributed by atoms with E-state index in [1.807, 2.05) is 54.1 Å². The summed E-state index contributed by atoms with van der Waals surface area (Å²) in [6, 6.07) is 20.8. The number of nitrogens with one attached hydrogen (secondary N) is 1. The molecule has 0 bridgehead atoms. The van der Waals surface area contributed by atoms with Crippen LogP contribution >= 0.6 is 0 Å². The van der Waals surface area contributed by atoms with Gasteiger partial charge >= 0.3 is 6.03 Å². The Morgan fingerprint density at radius 2 is 1.74 bits per heavy atom. The SMILES string of the molecule is CCOc1ccc(NC(=O)N2Cc3ccccc3-n3cccc3[C@@H]2c2cc(F)cc(F)c2)cc1. The van der Waals surface area contributed by atoms with Gasteiger partial charge in [0.05, 0.1) is 24.9 Å². The zero-order valence-electron chi connectivity index (χ0n) is 18.5. The molecule has 2 amide bonds. The van der Waals surface area contributed by atoms with Crippen LogP contribution in [0.3, 0.4) is 0 Å². The minimum Gasteiger partial charge on any atom is -0.494 e. The maximum Gasteiger partial charge on any atom is 0.322 e. The summed E-state index contributed by atoms with van der Waals surface area (Å²) in [5.41, 5.74) is 3.51. The number of fused-ring (bicyclic) bond motifs is 3. The molecule has 0 fully saturated rings. The summed E-state index contributed by atoms with van der Waals surface area (Å²) in [6.45, 7) is 2.70. The average molecular weight is 459 g/mol. The van der Waals surface area contributed by atoms with E-state index in [0.717, 1.165) is 23.0 Å². The molecule has 1 aliphatic rings. The molecule has 1 aliphatic heterocycles. The largest absolute Gasteiger partial charge is 0.494 e. The third-order valence-electron chi connectivity index (χ3n) is 5.84. The van der Waals surface area contributed by atoms with Gasteiger partial charge in [0.1, 0.15) is 17.4 Å². The molecule has 5 rings (SSSR count). The van der Waals surface area contributed by atoms with Crippen LogP contribution in [0.4, 0.5) is 19.3 Å². The average Bonchev–Trinajstić information content (AvgIpc) is 3.24. The van der Waals surface area contributed by atoms with E-state index in [-0.39, 0.29) is 12.6 Å². The third kappa shape index (κ3) is 4.12. The van der Waals surface area contributed by atoms with Crippen LogP contribution in [0.2, 0.25) is 0 Å². The molecule has 0 saturated carbocycles. The van der Waals surface area contributed by atoms with Crippen molar-refractivity contribution in [3.8, 4) is 11.4 Å². The van der Waals surface area contributed by atoms with Crippen molar-refractivity contribution in [2.45, 2.75) is 19.5 Å². The first-order valence-corrected chi connectivity index (χ1v) is 11.1. The molecular formula is C27H23F2N3O2. The van der Waals surface area contributed by atoms with Crippen LogP contribution in [0.15, 0.2) is 85.1 Å². The summed E-state index contributed by atoms with van der Waals surface area (Å²) in [7, 11) is 0. The third-order valence-corrected chi connectivity index (χ3v) is 5.84. The summed E-state index contributed by atoms with van der Waals surface area (Å²) in [5, 5.41) is 2.93. The fourth-order valence-electron chi connectivity index (χ4n) is 4.42. The van der Waals surface area contributed by atoms with E-state index < -0.39 is 17.7 Å². The van der Waals surface area contributed by atoms with Crippen molar-refractivity contribution in [3.63, 3.8) is 0 Å². The van der Waals surface area contributed by atoms with Crippen LogP contribution in [0.5, 0.6) is 5.75 Å². The molecule has 2 heterocycles. The Hall–Kier alpha value is -4.13. The van der Waals surface area contributed by atoms with Gasteiger partial charge in [-0.1, -0.05) is 18.2 Å². The van der Waals surface area contributed by atoms with Crippen LogP contribution < -0.4 is 10.1 Å². The highest BCUT2D eigenvalue weighted by Gasteiger charge is 2.33. The molecule has 1 N–H and O–H groups in total. The Morgan fingerprint density at radius 3 is 2.47 bits per heavy atom. The molecule has 172 valence electrons. The highest BCUT2D eigenvalue weighted by molar-refractivity contribution is 5.90. The molecule has 0 saturated heterocycles. The Morgan fingerprint density at radius 1 is 1.00 bits per heavy atom. The fraction of sp³-hybridized carbons (Fsp3) is 0.148. The van der Waals surface area contributed by atoms with Gasteiger partial charge in [0, 0.05) is 23.6 Å². The Labute approximate surface area is 196 Å². The van der Waals surface area contributed by atoms with Gasteiger partial charge in [-0.05, 0) is 72.6 Å². The first kappa shape index (κ1) is 21.7. The zero-order chi connectivity index (χ0) is 23.7. The number of aromatic nitrogens is 1. The normalized spacial score (nSPS) is 14.7. The number of rotatable bonds is 4. The topological polar surface area (TPSA) is 46.5 Å². The molecule has 0 aliphatic carbocycles. The van der Waals surface area contributed by atoms with E-state index in [0.29, 0.717) is 23.6 Å². The Kier molecular flexibility index (Phi) is 5.76. The lowest BCUT2D eigenvalue weighted by molar-refractivity contribution is 0.194. The predicted molar refractivity (Wildman–Crippen MR) is 126 cm³/mol. The van der Waals surface area contributed by atoms with E-state index in [2.05, 4.69) is 5.32 Å². The maximum atomic E-state index is 14.2. The number of nitrogens with zero attached hydrogens (tertiary/aromatic N) is 2. The maximum absolute atomic E-state index is 14.2. The van der Waals surface area contributed by atoms with Crippen LogP contribution in [-0.2, 0) is 6.54 Å². The quantitative estimate of drug-likeness (QED) is 0.390. The van der Waals surface area contributed by atoms with Gasteiger partial charge in [0.25, 0.3) is 0 Å². The fourth-order valence-corrected chi connectivity index (χ4v) is 4.42. The summed E-state index contributed by atoms with van der Waals surface area (Å²) < 4.78 is 35.9. The number of carbonyl (C=O) groups is 1. The van der Waals surface area contributed by atoms with Gasteiger partial charge in [-0.25, -0.2) is 13.6 Å². The smallest absolute Gasteiger partial charge is 0.322 e. The second-order valence-corrected chi connectivity index (χ2v) is 8.05. The van der Waals surface area contributed by atoms with Crippen LogP contribution in [0.25, 0.3) is 5.69 Å². The number of para-hydroxylation sites is 1. The van der Waals surface area contributed by atoms with Gasteiger partial charge in [0.15, 0.2) is 0 Å². The van der Waals surface area contributed by atoms with Crippen molar-refractivity contribution in [3.05, 3.63) is 114 Å². The first-order valence-electron chi connectivity index (χ1n) is 11.1. The molecule has 0 unspecified atom stereocenters. The van der Waals surface area contributed by atoms with Crippen molar-refractivity contribution < 1.29 is 18.3 Å². The number of carbonyl (C=O) groups excluding carboxylic acids is 1. The van der Waals surface area contributed by atoms with Crippen molar-refractivity contribution >= 4 is 11.7 Å². The molecule has 0 radical (unpaired) electrons. The summed E-state index contributed by atoms with van der Waals surface area (Å²) in [6.07, 6.45) is 1.89. The molecular weight excluding hydrogens is 436 g/mol. The molecule has 3 aromatic carbocycles.